The number of H-pyrrole nitrogens is 1. The number of hydrogen-bond acceptors (Lipinski definition) is 5. The highest BCUT2D eigenvalue weighted by molar-refractivity contribution is 6.30. The predicted molar refractivity (Wildman–Crippen MR) is 134 cm³/mol. The zero-order valence-corrected chi connectivity index (χ0v) is 20.6. The Hall–Kier alpha value is -3.26. The molecule has 0 bridgehead atoms. The molecule has 1 N–H and O–H groups in total. The molecule has 0 amide bonds. The Kier molecular flexibility index (Phi) is 7.57. The minimum absolute atomic E-state index is 0.0446. The summed E-state index contributed by atoms with van der Waals surface area (Å²) in [6.45, 7) is 6.65. The summed E-state index contributed by atoms with van der Waals surface area (Å²) in [5.74, 6) is 0.531. The van der Waals surface area contributed by atoms with Crippen LogP contribution in [0.5, 0.6) is 0 Å². The highest BCUT2D eigenvalue weighted by Crippen LogP contribution is 2.29. The number of unbranched alkanes of at least 4 members (excludes halogenated alkanes) is 2. The molecule has 0 aliphatic carbocycles. The van der Waals surface area contributed by atoms with Gasteiger partial charge in [-0.25, -0.2) is 4.79 Å². The quantitative estimate of drug-likeness (QED) is 0.311. The summed E-state index contributed by atoms with van der Waals surface area (Å²) in [6.07, 6.45) is 6.66. The van der Waals surface area contributed by atoms with Crippen LogP contribution in [0.3, 0.4) is 0 Å². The molecule has 0 spiro atoms. The van der Waals surface area contributed by atoms with Crippen molar-refractivity contribution in [3.05, 3.63) is 69.6 Å². The summed E-state index contributed by atoms with van der Waals surface area (Å²) in [6, 6.07) is 11.9. The van der Waals surface area contributed by atoms with Crippen molar-refractivity contribution in [2.75, 3.05) is 0 Å². The monoisotopic (exact) mass is 479 g/mol. The Bertz CT molecular complexity index is 1280. The average molecular weight is 480 g/mol. The fraction of sp³-hybridized carbons (Fsp3) is 0.400. The Balaban J connectivity index is 1.65. The number of imidazole rings is 1. The second kappa shape index (κ2) is 10.8. The molecule has 178 valence electrons. The number of halogens is 1. The van der Waals surface area contributed by atoms with Gasteiger partial charge in [-0.1, -0.05) is 68.6 Å². The normalized spacial score (nSPS) is 12.2. The van der Waals surface area contributed by atoms with E-state index in [0.717, 1.165) is 60.2 Å². The van der Waals surface area contributed by atoms with Crippen LogP contribution >= 0.6 is 11.6 Å². The first-order valence-electron chi connectivity index (χ1n) is 11.8. The van der Waals surface area contributed by atoms with E-state index < -0.39 is 0 Å². The van der Waals surface area contributed by atoms with E-state index in [2.05, 4.69) is 39.5 Å². The number of aromatic amines is 1. The van der Waals surface area contributed by atoms with Crippen molar-refractivity contribution in [2.45, 2.75) is 65.5 Å². The van der Waals surface area contributed by atoms with E-state index in [1.165, 1.54) is 0 Å². The van der Waals surface area contributed by atoms with Crippen molar-refractivity contribution in [1.82, 2.24) is 34.7 Å². The number of rotatable bonds is 10. The van der Waals surface area contributed by atoms with Gasteiger partial charge in [-0.05, 0) is 43.0 Å². The van der Waals surface area contributed by atoms with Crippen LogP contribution in [0.4, 0.5) is 0 Å². The highest BCUT2D eigenvalue weighted by atomic mass is 35.5. The van der Waals surface area contributed by atoms with Crippen molar-refractivity contribution in [1.29, 1.82) is 0 Å². The minimum atomic E-state index is -0.0702. The lowest BCUT2D eigenvalue weighted by atomic mass is 10.0. The van der Waals surface area contributed by atoms with E-state index in [0.29, 0.717) is 17.5 Å². The Morgan fingerprint density at radius 1 is 1.09 bits per heavy atom. The van der Waals surface area contributed by atoms with Gasteiger partial charge in [-0.2, -0.15) is 5.21 Å². The molecule has 0 saturated carbocycles. The lowest BCUT2D eigenvalue weighted by Gasteiger charge is -2.10. The van der Waals surface area contributed by atoms with Crippen molar-refractivity contribution in [3.63, 3.8) is 0 Å². The van der Waals surface area contributed by atoms with Gasteiger partial charge in [0, 0.05) is 23.4 Å². The van der Waals surface area contributed by atoms with Crippen LogP contribution in [0.2, 0.25) is 5.15 Å². The SMILES string of the molecule is CCCCCc1c(Cl)n(C(C)CC)c(=O)n1Cc1ccc(-c2ccccc2-c2nn[nH]n2)cn1. The first-order valence-corrected chi connectivity index (χ1v) is 12.2. The lowest BCUT2D eigenvalue weighted by Crippen LogP contribution is -2.27. The molecule has 8 nitrogen and oxygen atoms in total. The fourth-order valence-electron chi connectivity index (χ4n) is 4.13. The van der Waals surface area contributed by atoms with Gasteiger partial charge in [0.2, 0.25) is 5.82 Å². The summed E-state index contributed by atoms with van der Waals surface area (Å²) in [4.78, 5) is 18.0. The second-order valence-electron chi connectivity index (χ2n) is 8.51. The Morgan fingerprint density at radius 3 is 2.53 bits per heavy atom. The predicted octanol–water partition coefficient (Wildman–Crippen LogP) is 5.30. The first kappa shape index (κ1) is 23.9. The third-order valence-electron chi connectivity index (χ3n) is 6.23. The first-order chi connectivity index (χ1) is 16.5. The van der Waals surface area contributed by atoms with Crippen LogP contribution in [0.25, 0.3) is 22.5 Å². The summed E-state index contributed by atoms with van der Waals surface area (Å²) < 4.78 is 3.51. The molecule has 0 aliphatic heterocycles. The molecule has 0 aliphatic rings. The van der Waals surface area contributed by atoms with E-state index in [-0.39, 0.29) is 11.7 Å². The van der Waals surface area contributed by atoms with E-state index in [9.17, 15) is 4.79 Å². The molecule has 0 radical (unpaired) electrons. The smallest absolute Gasteiger partial charge is 0.289 e. The zero-order chi connectivity index (χ0) is 24.1. The summed E-state index contributed by atoms with van der Waals surface area (Å²) in [5, 5.41) is 14.9. The molecule has 4 rings (SSSR count). The molecule has 1 aromatic carbocycles. The summed E-state index contributed by atoms with van der Waals surface area (Å²) in [5.41, 5.74) is 4.41. The third-order valence-corrected chi connectivity index (χ3v) is 6.63. The van der Waals surface area contributed by atoms with Gasteiger partial charge in [-0.15, -0.1) is 10.2 Å². The molecule has 3 aromatic heterocycles. The van der Waals surface area contributed by atoms with Crippen molar-refractivity contribution < 1.29 is 0 Å². The largest absolute Gasteiger partial charge is 0.330 e. The van der Waals surface area contributed by atoms with Crippen molar-refractivity contribution in [3.8, 4) is 22.5 Å². The molecule has 34 heavy (non-hydrogen) atoms. The van der Waals surface area contributed by atoms with Gasteiger partial charge in [0.05, 0.1) is 17.9 Å². The fourth-order valence-corrected chi connectivity index (χ4v) is 4.57. The van der Waals surface area contributed by atoms with Crippen LogP contribution in [0.15, 0.2) is 47.4 Å². The number of hydrogen-bond donors (Lipinski definition) is 1. The molecule has 9 heteroatoms. The number of aromatic nitrogens is 7. The van der Waals surface area contributed by atoms with Gasteiger partial charge in [0.15, 0.2) is 0 Å². The van der Waals surface area contributed by atoms with Gasteiger partial charge in [0.1, 0.15) is 5.15 Å². The van der Waals surface area contributed by atoms with E-state index in [1.807, 2.05) is 49.5 Å². The molecule has 0 saturated heterocycles. The lowest BCUT2D eigenvalue weighted by molar-refractivity contribution is 0.504. The Morgan fingerprint density at radius 2 is 1.88 bits per heavy atom. The van der Waals surface area contributed by atoms with Crippen molar-refractivity contribution in [2.24, 2.45) is 0 Å². The number of pyridine rings is 1. The van der Waals surface area contributed by atoms with Crippen LogP contribution in [0.1, 0.15) is 63.9 Å². The standard InChI is InChI=1S/C25H30ClN7O/c1-4-6-7-12-22-23(26)33(17(3)5-2)25(34)32(22)16-19-14-13-18(15-27-19)20-10-8-9-11-21(20)24-28-30-31-29-24/h8-11,13-15,17H,4-7,12,16H2,1-3H3,(H,28,29,30,31). The van der Waals surface area contributed by atoms with E-state index in [1.54, 1.807) is 9.13 Å². The number of tetrazole rings is 1. The number of benzene rings is 1. The summed E-state index contributed by atoms with van der Waals surface area (Å²) in [7, 11) is 0. The van der Waals surface area contributed by atoms with Crippen LogP contribution in [-0.2, 0) is 13.0 Å². The molecule has 3 heterocycles. The molecule has 1 unspecified atom stereocenters. The molecule has 0 fully saturated rings. The third kappa shape index (κ3) is 4.82. The Labute approximate surface area is 204 Å². The number of nitrogens with one attached hydrogen (secondary N) is 1. The topological polar surface area (TPSA) is 94.3 Å². The molecule has 1 atom stereocenters. The highest BCUT2D eigenvalue weighted by Gasteiger charge is 2.21. The van der Waals surface area contributed by atoms with Gasteiger partial charge < -0.3 is 0 Å². The number of nitrogens with zero attached hydrogens (tertiary/aromatic N) is 6. The average Bonchev–Trinajstić information content (AvgIpc) is 3.47. The maximum atomic E-state index is 13.3. The van der Waals surface area contributed by atoms with Gasteiger partial charge in [0.25, 0.3) is 0 Å². The maximum absolute atomic E-state index is 13.3. The van der Waals surface area contributed by atoms with Crippen molar-refractivity contribution >= 4 is 11.6 Å². The van der Waals surface area contributed by atoms with E-state index >= 15 is 0 Å². The van der Waals surface area contributed by atoms with E-state index in [4.69, 9.17) is 11.6 Å². The molecular formula is C25H30ClN7O. The van der Waals surface area contributed by atoms with Gasteiger partial charge in [-0.3, -0.25) is 14.1 Å². The van der Waals surface area contributed by atoms with Gasteiger partial charge >= 0.3 is 5.69 Å². The minimum Gasteiger partial charge on any atom is -0.289 e. The molecule has 4 aromatic rings. The second-order valence-corrected chi connectivity index (χ2v) is 8.87. The van der Waals surface area contributed by atoms with Crippen LogP contribution in [0, 0.1) is 0 Å². The van der Waals surface area contributed by atoms with Crippen LogP contribution < -0.4 is 5.69 Å². The zero-order valence-electron chi connectivity index (χ0n) is 19.8. The summed E-state index contributed by atoms with van der Waals surface area (Å²) >= 11 is 6.73. The molecular weight excluding hydrogens is 450 g/mol. The van der Waals surface area contributed by atoms with Crippen LogP contribution in [-0.4, -0.2) is 34.7 Å². The maximum Gasteiger partial charge on any atom is 0.330 e.